The lowest BCUT2D eigenvalue weighted by atomic mass is 10.0. The Morgan fingerprint density at radius 3 is 2.94 bits per heavy atom. The molecule has 186 valence electrons. The molecule has 9 nitrogen and oxygen atoms in total. The summed E-state index contributed by atoms with van der Waals surface area (Å²) in [6.45, 7) is 0.353. The number of amides is 3. The first-order valence-electron chi connectivity index (χ1n) is 11.4. The van der Waals surface area contributed by atoms with Crippen LogP contribution >= 0.6 is 0 Å². The standard InChI is InChI=1S/C26H26FN5O4/c1-32-22-12-17(8-9-26(35)15-36-16-26)4-5-19(22)6-7-21(24(32)33)31-25(34)30-14-18(13-28)11-20-3-2-10-29-23(20)27/h2-5,10,12-14,21,35H,6-7,11,15-16,28H2,1H3,(H,31,34)/b18-13-,30-14+. The molecule has 1 saturated heterocycles. The lowest BCUT2D eigenvalue weighted by molar-refractivity contribution is -0.140. The SMILES string of the molecule is CN1C(=O)C(NC(=O)/N=C/C(=C\N)Cc2cccnc2F)CCc2ccc(C#CC3(O)COC3)cc21. The molecule has 4 N–H and O–H groups in total. The smallest absolute Gasteiger partial charge is 0.341 e. The highest BCUT2D eigenvalue weighted by Gasteiger charge is 2.34. The van der Waals surface area contributed by atoms with Gasteiger partial charge in [0.25, 0.3) is 0 Å². The Morgan fingerprint density at radius 2 is 2.25 bits per heavy atom. The number of likely N-dealkylation sites (N-methyl/N-ethyl adjacent to an activating group) is 1. The highest BCUT2D eigenvalue weighted by atomic mass is 19.1. The molecule has 2 aromatic rings. The minimum atomic E-state index is -1.13. The Morgan fingerprint density at radius 1 is 1.44 bits per heavy atom. The van der Waals surface area contributed by atoms with Crippen LogP contribution in [0.25, 0.3) is 0 Å². The van der Waals surface area contributed by atoms with E-state index in [4.69, 9.17) is 10.5 Å². The maximum Gasteiger partial charge on any atom is 0.341 e. The third kappa shape index (κ3) is 5.76. The van der Waals surface area contributed by atoms with Gasteiger partial charge in [-0.15, -0.1) is 0 Å². The van der Waals surface area contributed by atoms with E-state index in [2.05, 4.69) is 27.1 Å². The molecule has 1 aromatic carbocycles. The number of halogens is 1. The molecular formula is C26H26FN5O4. The maximum absolute atomic E-state index is 13.8. The van der Waals surface area contributed by atoms with E-state index in [1.807, 2.05) is 12.1 Å². The van der Waals surface area contributed by atoms with Crippen LogP contribution in [0.4, 0.5) is 14.9 Å². The Kier molecular flexibility index (Phi) is 7.43. The summed E-state index contributed by atoms with van der Waals surface area (Å²) in [5, 5.41) is 12.7. The third-order valence-electron chi connectivity index (χ3n) is 5.99. The lowest BCUT2D eigenvalue weighted by Crippen LogP contribution is -2.48. The summed E-state index contributed by atoms with van der Waals surface area (Å²) in [4.78, 5) is 34.5. The van der Waals surface area contributed by atoms with Crippen LogP contribution in [-0.2, 0) is 22.4 Å². The summed E-state index contributed by atoms with van der Waals surface area (Å²) in [5.74, 6) is 4.83. The van der Waals surface area contributed by atoms with Gasteiger partial charge in [-0.3, -0.25) is 4.79 Å². The monoisotopic (exact) mass is 491 g/mol. The van der Waals surface area contributed by atoms with Crippen LogP contribution in [0.5, 0.6) is 0 Å². The first-order valence-corrected chi connectivity index (χ1v) is 11.4. The first-order chi connectivity index (χ1) is 17.3. The largest absolute Gasteiger partial charge is 0.404 e. The van der Waals surface area contributed by atoms with Crippen molar-refractivity contribution in [1.82, 2.24) is 10.3 Å². The molecule has 2 aliphatic rings. The molecule has 0 saturated carbocycles. The molecule has 1 fully saturated rings. The molecule has 0 spiro atoms. The quantitative estimate of drug-likeness (QED) is 0.337. The van der Waals surface area contributed by atoms with Crippen molar-refractivity contribution in [2.45, 2.75) is 30.9 Å². The number of urea groups is 1. The van der Waals surface area contributed by atoms with E-state index < -0.39 is 23.6 Å². The van der Waals surface area contributed by atoms with Crippen molar-refractivity contribution in [3.05, 3.63) is 70.9 Å². The second-order valence-corrected chi connectivity index (χ2v) is 8.69. The van der Waals surface area contributed by atoms with Gasteiger partial charge >= 0.3 is 6.03 Å². The molecule has 1 aromatic heterocycles. The number of hydrogen-bond acceptors (Lipinski definition) is 6. The fraction of sp³-hybridized carbons (Fsp3) is 0.308. The fourth-order valence-electron chi connectivity index (χ4n) is 3.88. The summed E-state index contributed by atoms with van der Waals surface area (Å²) < 4.78 is 18.8. The summed E-state index contributed by atoms with van der Waals surface area (Å²) >= 11 is 0. The molecule has 0 bridgehead atoms. The van der Waals surface area contributed by atoms with Crippen molar-refractivity contribution in [1.29, 1.82) is 0 Å². The number of nitrogens with one attached hydrogen (secondary N) is 1. The van der Waals surface area contributed by atoms with E-state index in [-0.39, 0.29) is 25.5 Å². The van der Waals surface area contributed by atoms with Gasteiger partial charge in [-0.25, -0.2) is 14.8 Å². The van der Waals surface area contributed by atoms with Crippen molar-refractivity contribution in [3.8, 4) is 11.8 Å². The van der Waals surface area contributed by atoms with Crippen LogP contribution in [0.1, 0.15) is 23.1 Å². The second kappa shape index (κ2) is 10.7. The average molecular weight is 492 g/mol. The second-order valence-electron chi connectivity index (χ2n) is 8.69. The predicted octanol–water partition coefficient (Wildman–Crippen LogP) is 1.48. The van der Waals surface area contributed by atoms with E-state index in [0.29, 0.717) is 35.2 Å². The van der Waals surface area contributed by atoms with Crippen molar-refractivity contribution in [2.24, 2.45) is 10.7 Å². The molecule has 1 unspecified atom stereocenters. The molecule has 36 heavy (non-hydrogen) atoms. The van der Waals surface area contributed by atoms with Gasteiger partial charge in [0.1, 0.15) is 6.04 Å². The Hall–Kier alpha value is -4.07. The van der Waals surface area contributed by atoms with Gasteiger partial charge in [0.15, 0.2) is 5.60 Å². The predicted molar refractivity (Wildman–Crippen MR) is 132 cm³/mol. The number of ether oxygens (including phenoxy) is 1. The van der Waals surface area contributed by atoms with E-state index >= 15 is 0 Å². The van der Waals surface area contributed by atoms with Gasteiger partial charge in [0, 0.05) is 42.7 Å². The number of aryl methyl sites for hydroxylation is 1. The average Bonchev–Trinajstić information content (AvgIpc) is 2.97. The van der Waals surface area contributed by atoms with Gasteiger partial charge in [-0.05, 0) is 48.4 Å². The molecule has 3 amide bonds. The van der Waals surface area contributed by atoms with Gasteiger partial charge < -0.3 is 25.8 Å². The third-order valence-corrected chi connectivity index (χ3v) is 5.99. The minimum absolute atomic E-state index is 0.114. The van der Waals surface area contributed by atoms with Gasteiger partial charge in [0.2, 0.25) is 11.9 Å². The van der Waals surface area contributed by atoms with Gasteiger partial charge in [-0.2, -0.15) is 4.39 Å². The molecule has 0 radical (unpaired) electrons. The number of rotatable bonds is 4. The lowest BCUT2D eigenvalue weighted by Gasteiger charge is -2.30. The van der Waals surface area contributed by atoms with Crippen LogP contribution in [0.2, 0.25) is 0 Å². The van der Waals surface area contributed by atoms with Gasteiger partial charge in [0.05, 0.1) is 13.2 Å². The number of pyridine rings is 1. The number of aromatic nitrogens is 1. The highest BCUT2D eigenvalue weighted by molar-refractivity contribution is 6.01. The number of carbonyl (C=O) groups is 2. The van der Waals surface area contributed by atoms with Crippen molar-refractivity contribution < 1.29 is 23.8 Å². The van der Waals surface area contributed by atoms with E-state index in [0.717, 1.165) is 5.56 Å². The Balaban J connectivity index is 1.41. The van der Waals surface area contributed by atoms with E-state index in [1.165, 1.54) is 23.5 Å². The summed E-state index contributed by atoms with van der Waals surface area (Å²) in [7, 11) is 1.64. The van der Waals surface area contributed by atoms with Crippen molar-refractivity contribution in [2.75, 3.05) is 25.2 Å². The van der Waals surface area contributed by atoms with Crippen LogP contribution in [0.15, 0.2) is 53.3 Å². The van der Waals surface area contributed by atoms with Crippen molar-refractivity contribution >= 4 is 23.8 Å². The minimum Gasteiger partial charge on any atom is -0.404 e. The molecular weight excluding hydrogens is 465 g/mol. The molecule has 3 heterocycles. The molecule has 2 aliphatic heterocycles. The summed E-state index contributed by atoms with van der Waals surface area (Å²) in [5.41, 5.74) is 7.50. The Bertz CT molecular complexity index is 1290. The topological polar surface area (TPSA) is 130 Å². The molecule has 4 rings (SSSR count). The first kappa shape index (κ1) is 25.0. The number of allylic oxidation sites excluding steroid dienone is 1. The van der Waals surface area contributed by atoms with Crippen LogP contribution in [0.3, 0.4) is 0 Å². The highest BCUT2D eigenvalue weighted by Crippen LogP contribution is 2.27. The number of fused-ring (bicyclic) bond motifs is 1. The fourth-order valence-corrected chi connectivity index (χ4v) is 3.88. The zero-order valence-corrected chi connectivity index (χ0v) is 19.7. The summed E-state index contributed by atoms with van der Waals surface area (Å²) in [6.07, 6.45) is 4.88. The van der Waals surface area contributed by atoms with Gasteiger partial charge in [-0.1, -0.05) is 24.0 Å². The number of nitrogens with two attached hydrogens (primary N) is 1. The Labute approximate surface area is 207 Å². The van der Waals surface area contributed by atoms with Crippen LogP contribution in [0, 0.1) is 17.8 Å². The van der Waals surface area contributed by atoms with Crippen LogP contribution in [-0.4, -0.2) is 60.1 Å². The number of carbonyl (C=O) groups excluding carboxylic acids is 2. The zero-order chi connectivity index (χ0) is 25.7. The van der Waals surface area contributed by atoms with E-state index in [1.54, 1.807) is 25.2 Å². The maximum atomic E-state index is 13.8. The molecule has 1 atom stereocenters. The van der Waals surface area contributed by atoms with Crippen LogP contribution < -0.4 is 16.0 Å². The number of aliphatic imine (C=N–C) groups is 1. The van der Waals surface area contributed by atoms with E-state index in [9.17, 15) is 19.1 Å². The normalized spacial score (nSPS) is 19.1. The number of anilines is 1. The number of aliphatic hydroxyl groups is 1. The molecule has 0 aliphatic carbocycles. The molecule has 10 heteroatoms. The van der Waals surface area contributed by atoms with Crippen molar-refractivity contribution in [3.63, 3.8) is 0 Å². The number of nitrogens with zero attached hydrogens (tertiary/aromatic N) is 3. The zero-order valence-electron chi connectivity index (χ0n) is 19.7. The number of hydrogen-bond donors (Lipinski definition) is 3. The number of benzene rings is 1. The summed E-state index contributed by atoms with van der Waals surface area (Å²) in [6, 6.07) is 7.20.